The van der Waals surface area contributed by atoms with E-state index >= 15 is 0 Å². The van der Waals surface area contributed by atoms with E-state index in [2.05, 4.69) is 15.1 Å². The van der Waals surface area contributed by atoms with E-state index in [-0.39, 0.29) is 11.9 Å². The van der Waals surface area contributed by atoms with Gasteiger partial charge >= 0.3 is 5.97 Å². The number of aromatic nitrogens is 2. The van der Waals surface area contributed by atoms with Crippen molar-refractivity contribution in [2.24, 2.45) is 11.1 Å². The summed E-state index contributed by atoms with van der Waals surface area (Å²) in [6, 6.07) is 0. The molecule has 1 aromatic rings. The Kier molecular flexibility index (Phi) is 4.39. The van der Waals surface area contributed by atoms with Gasteiger partial charge in [-0.2, -0.15) is 0 Å². The summed E-state index contributed by atoms with van der Waals surface area (Å²) in [6.45, 7) is 1.75. The highest BCUT2D eigenvalue weighted by Crippen LogP contribution is 2.24. The van der Waals surface area contributed by atoms with Crippen LogP contribution in [-0.4, -0.2) is 21.6 Å². The Morgan fingerprint density at radius 3 is 2.78 bits per heavy atom. The Morgan fingerprint density at radius 2 is 2.11 bits per heavy atom. The van der Waals surface area contributed by atoms with E-state index < -0.39 is 0 Å². The molecule has 0 spiro atoms. The van der Waals surface area contributed by atoms with Crippen LogP contribution in [-0.2, 0) is 9.63 Å². The van der Waals surface area contributed by atoms with Crippen LogP contribution in [0.2, 0.25) is 0 Å². The van der Waals surface area contributed by atoms with Crippen molar-refractivity contribution in [3.05, 3.63) is 24.3 Å². The second-order valence-electron chi connectivity index (χ2n) is 4.51. The summed E-state index contributed by atoms with van der Waals surface area (Å²) in [5.41, 5.74) is 1.18. The highest BCUT2D eigenvalue weighted by molar-refractivity contribution is 5.96. The smallest absolute Gasteiger partial charge is 0.318 e. The summed E-state index contributed by atoms with van der Waals surface area (Å²) in [7, 11) is 0. The molecule has 0 aliphatic heterocycles. The van der Waals surface area contributed by atoms with Crippen LogP contribution in [0.1, 0.15) is 44.7 Å². The molecular weight excluding hydrogens is 230 g/mol. The van der Waals surface area contributed by atoms with Gasteiger partial charge in [0.25, 0.3) is 0 Å². The third kappa shape index (κ3) is 3.35. The highest BCUT2D eigenvalue weighted by atomic mass is 16.7. The zero-order chi connectivity index (χ0) is 12.8. The molecule has 0 atom stereocenters. The van der Waals surface area contributed by atoms with Gasteiger partial charge in [0.15, 0.2) is 0 Å². The Hall–Kier alpha value is -1.78. The number of carbonyl (C=O) groups excluding carboxylic acids is 1. The number of rotatable bonds is 3. The van der Waals surface area contributed by atoms with Crippen LogP contribution in [0.3, 0.4) is 0 Å². The predicted octanol–water partition coefficient (Wildman–Crippen LogP) is 2.32. The van der Waals surface area contributed by atoms with Gasteiger partial charge in [0.2, 0.25) is 0 Å². The van der Waals surface area contributed by atoms with Crippen LogP contribution in [0.25, 0.3) is 0 Å². The zero-order valence-corrected chi connectivity index (χ0v) is 10.5. The molecule has 96 valence electrons. The molecule has 1 heterocycles. The van der Waals surface area contributed by atoms with Crippen LogP contribution < -0.4 is 0 Å². The first kappa shape index (κ1) is 12.7. The standard InChI is InChI=1S/C13H17N3O2/c1-10(12-9-14-7-8-15-12)16-18-13(17)11-5-3-2-4-6-11/h7-9,11H,2-6H2,1H3. The summed E-state index contributed by atoms with van der Waals surface area (Å²) in [5, 5.41) is 3.83. The summed E-state index contributed by atoms with van der Waals surface area (Å²) >= 11 is 0. The van der Waals surface area contributed by atoms with Gasteiger partial charge in [0.1, 0.15) is 11.4 Å². The normalized spacial score (nSPS) is 17.5. The SMILES string of the molecule is CC(=NOC(=O)C1CCCCC1)c1cnccn1. The molecule has 0 unspecified atom stereocenters. The van der Waals surface area contributed by atoms with Crippen molar-refractivity contribution >= 4 is 11.7 Å². The topological polar surface area (TPSA) is 64.4 Å². The van der Waals surface area contributed by atoms with Crippen molar-refractivity contribution in [3.63, 3.8) is 0 Å². The van der Waals surface area contributed by atoms with Crippen molar-refractivity contribution < 1.29 is 9.63 Å². The molecule has 0 amide bonds. The van der Waals surface area contributed by atoms with Crippen LogP contribution in [0.4, 0.5) is 0 Å². The zero-order valence-electron chi connectivity index (χ0n) is 10.5. The minimum atomic E-state index is -0.224. The molecule has 0 radical (unpaired) electrons. The summed E-state index contributed by atoms with van der Waals surface area (Å²) in [4.78, 5) is 24.8. The second-order valence-corrected chi connectivity index (χ2v) is 4.51. The third-order valence-electron chi connectivity index (χ3n) is 3.14. The van der Waals surface area contributed by atoms with Gasteiger partial charge in [-0.1, -0.05) is 24.4 Å². The van der Waals surface area contributed by atoms with Crippen molar-refractivity contribution in [2.45, 2.75) is 39.0 Å². The van der Waals surface area contributed by atoms with E-state index in [1.54, 1.807) is 25.5 Å². The van der Waals surface area contributed by atoms with E-state index in [1.165, 1.54) is 6.42 Å². The maximum atomic E-state index is 11.8. The minimum Gasteiger partial charge on any atom is -0.318 e. The summed E-state index contributed by atoms with van der Waals surface area (Å²) in [5.74, 6) is -0.213. The molecule has 2 rings (SSSR count). The molecular formula is C13H17N3O2. The predicted molar refractivity (Wildman–Crippen MR) is 66.9 cm³/mol. The van der Waals surface area contributed by atoms with E-state index in [0.717, 1.165) is 25.7 Å². The molecule has 0 saturated heterocycles. The Labute approximate surface area is 106 Å². The molecule has 5 heteroatoms. The number of hydrogen-bond acceptors (Lipinski definition) is 5. The van der Waals surface area contributed by atoms with E-state index in [9.17, 15) is 4.79 Å². The van der Waals surface area contributed by atoms with Crippen molar-refractivity contribution in [1.29, 1.82) is 0 Å². The fourth-order valence-corrected chi connectivity index (χ4v) is 2.06. The molecule has 0 N–H and O–H groups in total. The molecule has 18 heavy (non-hydrogen) atoms. The molecule has 1 aliphatic rings. The molecule has 1 saturated carbocycles. The highest BCUT2D eigenvalue weighted by Gasteiger charge is 2.22. The average molecular weight is 247 g/mol. The van der Waals surface area contributed by atoms with E-state index in [4.69, 9.17) is 4.84 Å². The average Bonchev–Trinajstić information content (AvgIpc) is 2.46. The van der Waals surface area contributed by atoms with Crippen LogP contribution in [0.15, 0.2) is 23.7 Å². The maximum Gasteiger partial charge on any atom is 0.338 e. The van der Waals surface area contributed by atoms with E-state index in [0.29, 0.717) is 11.4 Å². The fourth-order valence-electron chi connectivity index (χ4n) is 2.06. The summed E-state index contributed by atoms with van der Waals surface area (Å²) in [6.07, 6.45) is 10.0. The van der Waals surface area contributed by atoms with Gasteiger partial charge in [-0.25, -0.2) is 4.79 Å². The van der Waals surface area contributed by atoms with Crippen LogP contribution in [0.5, 0.6) is 0 Å². The van der Waals surface area contributed by atoms with Gasteiger partial charge in [-0.3, -0.25) is 9.97 Å². The Bertz CT molecular complexity index is 425. The first-order chi connectivity index (χ1) is 8.77. The lowest BCUT2D eigenvalue weighted by molar-refractivity contribution is -0.149. The summed E-state index contributed by atoms with van der Waals surface area (Å²) < 4.78 is 0. The molecule has 5 nitrogen and oxygen atoms in total. The third-order valence-corrected chi connectivity index (χ3v) is 3.14. The quantitative estimate of drug-likeness (QED) is 0.467. The number of oxime groups is 1. The Morgan fingerprint density at radius 1 is 1.33 bits per heavy atom. The lowest BCUT2D eigenvalue weighted by atomic mass is 9.89. The lowest BCUT2D eigenvalue weighted by Gasteiger charge is -2.18. The number of nitrogens with zero attached hydrogens (tertiary/aromatic N) is 3. The monoisotopic (exact) mass is 247 g/mol. The van der Waals surface area contributed by atoms with Crippen molar-refractivity contribution in [3.8, 4) is 0 Å². The molecule has 1 aliphatic carbocycles. The van der Waals surface area contributed by atoms with Gasteiger partial charge in [0.05, 0.1) is 12.1 Å². The second kappa shape index (κ2) is 6.23. The molecule has 0 aromatic carbocycles. The molecule has 1 fully saturated rings. The van der Waals surface area contributed by atoms with Gasteiger partial charge in [0, 0.05) is 12.4 Å². The first-order valence-corrected chi connectivity index (χ1v) is 6.29. The Balaban J connectivity index is 1.91. The van der Waals surface area contributed by atoms with Crippen LogP contribution >= 0.6 is 0 Å². The van der Waals surface area contributed by atoms with Crippen LogP contribution in [0, 0.1) is 5.92 Å². The van der Waals surface area contributed by atoms with Crippen molar-refractivity contribution in [1.82, 2.24) is 9.97 Å². The maximum absolute atomic E-state index is 11.8. The molecule has 0 bridgehead atoms. The van der Waals surface area contributed by atoms with Gasteiger partial charge in [-0.15, -0.1) is 0 Å². The van der Waals surface area contributed by atoms with Gasteiger partial charge in [-0.05, 0) is 19.8 Å². The lowest BCUT2D eigenvalue weighted by Crippen LogP contribution is -2.19. The van der Waals surface area contributed by atoms with E-state index in [1.807, 2.05) is 0 Å². The molecule has 1 aromatic heterocycles. The number of carbonyl (C=O) groups is 1. The van der Waals surface area contributed by atoms with Crippen molar-refractivity contribution in [2.75, 3.05) is 0 Å². The van der Waals surface area contributed by atoms with Gasteiger partial charge < -0.3 is 4.84 Å². The fraction of sp³-hybridized carbons (Fsp3) is 0.538. The first-order valence-electron chi connectivity index (χ1n) is 6.29. The minimum absolute atomic E-state index is 0.0113. The largest absolute Gasteiger partial charge is 0.338 e. The number of hydrogen-bond donors (Lipinski definition) is 0.